The minimum absolute atomic E-state index is 0.582. The van der Waals surface area contributed by atoms with Crippen molar-refractivity contribution in [2.45, 2.75) is 46.1 Å². The lowest BCUT2D eigenvalue weighted by Crippen LogP contribution is -2.48. The van der Waals surface area contributed by atoms with Gasteiger partial charge in [-0.05, 0) is 26.3 Å². The van der Waals surface area contributed by atoms with Gasteiger partial charge < -0.3 is 10.4 Å². The van der Waals surface area contributed by atoms with Gasteiger partial charge in [-0.15, -0.1) is 0 Å². The highest BCUT2D eigenvalue weighted by Gasteiger charge is 2.26. The van der Waals surface area contributed by atoms with Gasteiger partial charge in [0.25, 0.3) is 0 Å². The molecular weight excluding hydrogens is 166 g/mol. The number of carboxylic acids is 1. The first-order chi connectivity index (χ1) is 5.94. The molecule has 0 heterocycles. The Morgan fingerprint density at radius 2 is 1.85 bits per heavy atom. The van der Waals surface area contributed by atoms with Crippen molar-refractivity contribution in [3.05, 3.63) is 0 Å². The molecule has 0 aromatic rings. The van der Waals surface area contributed by atoms with Crippen molar-refractivity contribution in [3.63, 3.8) is 0 Å². The van der Waals surface area contributed by atoms with Gasteiger partial charge in [0, 0.05) is 0 Å². The summed E-state index contributed by atoms with van der Waals surface area (Å²) in [6.07, 6.45) is 2.19. The molecule has 13 heavy (non-hydrogen) atoms. The molecule has 78 valence electrons. The van der Waals surface area contributed by atoms with E-state index >= 15 is 0 Å². The number of aliphatic carboxylic acids is 1. The van der Waals surface area contributed by atoms with Crippen LogP contribution in [0.2, 0.25) is 0 Å². The number of hydrogen-bond acceptors (Lipinski definition) is 2. The fourth-order valence-electron chi connectivity index (χ4n) is 1.05. The number of carbonyl (C=O) groups is 1. The molecule has 3 nitrogen and oxygen atoms in total. The summed E-state index contributed by atoms with van der Waals surface area (Å²) >= 11 is 0. The predicted molar refractivity (Wildman–Crippen MR) is 53.8 cm³/mol. The van der Waals surface area contributed by atoms with E-state index in [1.807, 2.05) is 0 Å². The summed E-state index contributed by atoms with van der Waals surface area (Å²) in [4.78, 5) is 10.7. The summed E-state index contributed by atoms with van der Waals surface area (Å²) in [6.45, 7) is 8.43. The van der Waals surface area contributed by atoms with Crippen molar-refractivity contribution in [2.75, 3.05) is 6.54 Å². The maximum absolute atomic E-state index is 10.7. The first-order valence-corrected chi connectivity index (χ1v) is 4.92. The lowest BCUT2D eigenvalue weighted by atomic mass is 10.0. The smallest absolute Gasteiger partial charge is 0.323 e. The third-order valence-electron chi connectivity index (χ3n) is 2.52. The molecule has 0 amide bonds. The van der Waals surface area contributed by atoms with Gasteiger partial charge in [0.1, 0.15) is 5.54 Å². The molecule has 0 saturated carbocycles. The van der Waals surface area contributed by atoms with E-state index in [0.29, 0.717) is 5.92 Å². The molecule has 0 unspecified atom stereocenters. The molecule has 0 aliphatic heterocycles. The molecular formula is C10H21NO2. The summed E-state index contributed by atoms with van der Waals surface area (Å²) in [5.41, 5.74) is -0.803. The fourth-order valence-corrected chi connectivity index (χ4v) is 1.05. The molecule has 0 fully saturated rings. The van der Waals surface area contributed by atoms with E-state index < -0.39 is 11.5 Å². The van der Waals surface area contributed by atoms with Gasteiger partial charge in [-0.1, -0.05) is 26.7 Å². The monoisotopic (exact) mass is 187 g/mol. The summed E-state index contributed by atoms with van der Waals surface area (Å²) in [6, 6.07) is 0. The van der Waals surface area contributed by atoms with Crippen LogP contribution in [0.25, 0.3) is 0 Å². The van der Waals surface area contributed by atoms with Crippen molar-refractivity contribution < 1.29 is 9.90 Å². The van der Waals surface area contributed by atoms with Crippen molar-refractivity contribution in [1.82, 2.24) is 5.32 Å². The van der Waals surface area contributed by atoms with Crippen LogP contribution in [-0.4, -0.2) is 23.2 Å². The molecule has 0 radical (unpaired) electrons. The molecule has 0 aromatic heterocycles. The number of carboxylic acid groups (broad SMARTS) is 1. The minimum Gasteiger partial charge on any atom is -0.480 e. The van der Waals surface area contributed by atoms with Crippen LogP contribution in [0.15, 0.2) is 0 Å². The largest absolute Gasteiger partial charge is 0.480 e. The summed E-state index contributed by atoms with van der Waals surface area (Å²) in [5, 5.41) is 11.9. The van der Waals surface area contributed by atoms with E-state index in [-0.39, 0.29) is 0 Å². The van der Waals surface area contributed by atoms with E-state index in [1.165, 1.54) is 0 Å². The number of nitrogens with one attached hydrogen (secondary N) is 1. The SMILES string of the molecule is CCC(CC)CNC(C)(C)C(=O)O. The first-order valence-electron chi connectivity index (χ1n) is 4.92. The van der Waals surface area contributed by atoms with Crippen molar-refractivity contribution in [2.24, 2.45) is 5.92 Å². The third-order valence-corrected chi connectivity index (χ3v) is 2.52. The van der Waals surface area contributed by atoms with Crippen LogP contribution in [-0.2, 0) is 4.79 Å². The zero-order chi connectivity index (χ0) is 10.5. The minimum atomic E-state index is -0.803. The van der Waals surface area contributed by atoms with Crippen LogP contribution in [0.3, 0.4) is 0 Å². The Hall–Kier alpha value is -0.570. The molecule has 0 aliphatic rings. The Kier molecular flexibility index (Phi) is 4.99. The Labute approximate surface area is 80.5 Å². The number of rotatable bonds is 6. The van der Waals surface area contributed by atoms with E-state index in [4.69, 9.17) is 5.11 Å². The summed E-state index contributed by atoms with van der Waals surface area (Å²) in [5.74, 6) is -0.211. The maximum Gasteiger partial charge on any atom is 0.323 e. The highest BCUT2D eigenvalue weighted by atomic mass is 16.4. The van der Waals surface area contributed by atoms with Gasteiger partial charge in [0.05, 0.1) is 0 Å². The molecule has 0 rings (SSSR count). The average molecular weight is 187 g/mol. The lowest BCUT2D eigenvalue weighted by Gasteiger charge is -2.24. The first kappa shape index (κ1) is 12.4. The molecule has 2 N–H and O–H groups in total. The second-order valence-electron chi connectivity index (χ2n) is 3.99. The van der Waals surface area contributed by atoms with E-state index in [0.717, 1.165) is 19.4 Å². The van der Waals surface area contributed by atoms with Crippen molar-refractivity contribution >= 4 is 5.97 Å². The second kappa shape index (κ2) is 5.22. The molecule has 0 atom stereocenters. The molecule has 0 bridgehead atoms. The highest BCUT2D eigenvalue weighted by molar-refractivity contribution is 5.77. The predicted octanol–water partition coefficient (Wildman–Crippen LogP) is 1.88. The van der Waals surface area contributed by atoms with Gasteiger partial charge in [0.15, 0.2) is 0 Å². The standard InChI is InChI=1S/C10H21NO2/c1-5-8(6-2)7-11-10(3,4)9(12)13/h8,11H,5-7H2,1-4H3,(H,12,13). The van der Waals surface area contributed by atoms with Gasteiger partial charge in [0.2, 0.25) is 0 Å². The topological polar surface area (TPSA) is 49.3 Å². The van der Waals surface area contributed by atoms with E-state index in [1.54, 1.807) is 13.8 Å². The van der Waals surface area contributed by atoms with Gasteiger partial charge in [-0.2, -0.15) is 0 Å². The highest BCUT2D eigenvalue weighted by Crippen LogP contribution is 2.09. The van der Waals surface area contributed by atoms with Crippen molar-refractivity contribution in [3.8, 4) is 0 Å². The lowest BCUT2D eigenvalue weighted by molar-refractivity contribution is -0.143. The molecule has 0 aromatic carbocycles. The average Bonchev–Trinajstić information content (AvgIpc) is 2.06. The number of hydrogen-bond donors (Lipinski definition) is 2. The van der Waals surface area contributed by atoms with Gasteiger partial charge in [-0.25, -0.2) is 0 Å². The van der Waals surface area contributed by atoms with E-state index in [2.05, 4.69) is 19.2 Å². The van der Waals surface area contributed by atoms with E-state index in [9.17, 15) is 4.79 Å². The summed E-state index contributed by atoms with van der Waals surface area (Å²) < 4.78 is 0. The third kappa shape index (κ3) is 4.27. The van der Waals surface area contributed by atoms with Gasteiger partial charge >= 0.3 is 5.97 Å². The normalized spacial score (nSPS) is 12.1. The van der Waals surface area contributed by atoms with Crippen LogP contribution in [0, 0.1) is 5.92 Å². The Morgan fingerprint density at radius 1 is 1.38 bits per heavy atom. The Morgan fingerprint density at radius 3 is 2.15 bits per heavy atom. The van der Waals surface area contributed by atoms with Gasteiger partial charge in [-0.3, -0.25) is 4.79 Å². The maximum atomic E-state index is 10.7. The molecule has 3 heteroatoms. The zero-order valence-corrected chi connectivity index (χ0v) is 9.05. The van der Waals surface area contributed by atoms with Crippen LogP contribution < -0.4 is 5.32 Å². The van der Waals surface area contributed by atoms with Crippen LogP contribution in [0.5, 0.6) is 0 Å². The Bertz CT molecular complexity index is 162. The van der Waals surface area contributed by atoms with Crippen LogP contribution >= 0.6 is 0 Å². The quantitative estimate of drug-likeness (QED) is 0.667. The van der Waals surface area contributed by atoms with Crippen LogP contribution in [0.1, 0.15) is 40.5 Å². The second-order valence-corrected chi connectivity index (χ2v) is 3.99. The van der Waals surface area contributed by atoms with Crippen molar-refractivity contribution in [1.29, 1.82) is 0 Å². The molecule has 0 aliphatic carbocycles. The Balaban J connectivity index is 3.92. The fraction of sp³-hybridized carbons (Fsp3) is 0.900. The molecule has 0 saturated heterocycles. The summed E-state index contributed by atoms with van der Waals surface area (Å²) in [7, 11) is 0. The zero-order valence-electron chi connectivity index (χ0n) is 9.05. The van der Waals surface area contributed by atoms with Crippen LogP contribution in [0.4, 0.5) is 0 Å². The molecule has 0 spiro atoms.